The van der Waals surface area contributed by atoms with Crippen molar-refractivity contribution in [3.05, 3.63) is 83.0 Å². The van der Waals surface area contributed by atoms with Gasteiger partial charge in [-0.1, -0.05) is 42.0 Å². The number of fused-ring (bicyclic) bond motifs is 1. The van der Waals surface area contributed by atoms with E-state index in [9.17, 15) is 13.2 Å². The molecule has 0 spiro atoms. The Bertz CT molecular complexity index is 1150. The van der Waals surface area contributed by atoms with E-state index in [0.29, 0.717) is 23.3 Å². The van der Waals surface area contributed by atoms with Crippen LogP contribution in [-0.2, 0) is 12.7 Å². The van der Waals surface area contributed by atoms with Crippen LogP contribution in [0.4, 0.5) is 13.2 Å². The molecule has 2 aromatic carbocycles. The van der Waals surface area contributed by atoms with Crippen LogP contribution in [0.2, 0.25) is 0 Å². The van der Waals surface area contributed by atoms with Crippen molar-refractivity contribution in [1.82, 2.24) is 14.8 Å². The zero-order valence-electron chi connectivity index (χ0n) is 15.5. The summed E-state index contributed by atoms with van der Waals surface area (Å²) >= 11 is 0. The first-order valence-electron chi connectivity index (χ1n) is 8.89. The molecular formula is C22H18F3N3. The first kappa shape index (κ1) is 18.2. The highest BCUT2D eigenvalue weighted by molar-refractivity contribution is 5.94. The van der Waals surface area contributed by atoms with E-state index in [0.717, 1.165) is 22.8 Å². The molecule has 0 bridgehead atoms. The Morgan fingerprint density at radius 1 is 0.964 bits per heavy atom. The lowest BCUT2D eigenvalue weighted by Gasteiger charge is -2.10. The van der Waals surface area contributed by atoms with E-state index in [1.54, 1.807) is 29.1 Å². The van der Waals surface area contributed by atoms with Crippen LogP contribution in [0, 0.1) is 13.8 Å². The maximum absolute atomic E-state index is 13.5. The van der Waals surface area contributed by atoms with Crippen LogP contribution >= 0.6 is 0 Å². The quantitative estimate of drug-likeness (QED) is 0.450. The largest absolute Gasteiger partial charge is 0.418 e. The van der Waals surface area contributed by atoms with Crippen molar-refractivity contribution in [1.29, 1.82) is 0 Å². The van der Waals surface area contributed by atoms with E-state index in [2.05, 4.69) is 16.1 Å². The van der Waals surface area contributed by atoms with E-state index < -0.39 is 11.7 Å². The summed E-state index contributed by atoms with van der Waals surface area (Å²) in [5, 5.41) is 4.81. The summed E-state index contributed by atoms with van der Waals surface area (Å²) in [6.45, 7) is 4.37. The maximum Gasteiger partial charge on any atom is 0.418 e. The first-order chi connectivity index (χ1) is 13.3. The summed E-state index contributed by atoms with van der Waals surface area (Å²) in [6, 6.07) is 15.6. The average molecular weight is 381 g/mol. The minimum Gasteiger partial charge on any atom is -0.258 e. The molecule has 6 heteroatoms. The number of halogens is 3. The summed E-state index contributed by atoms with van der Waals surface area (Å²) in [5.74, 6) is 0. The third-order valence-corrected chi connectivity index (χ3v) is 4.80. The van der Waals surface area contributed by atoms with Gasteiger partial charge in [-0.25, -0.2) is 0 Å². The average Bonchev–Trinajstić information content (AvgIpc) is 3.01. The van der Waals surface area contributed by atoms with Gasteiger partial charge in [0.1, 0.15) is 5.52 Å². The maximum atomic E-state index is 13.5. The van der Waals surface area contributed by atoms with Crippen LogP contribution < -0.4 is 0 Å². The number of pyridine rings is 1. The molecule has 0 unspecified atom stereocenters. The van der Waals surface area contributed by atoms with Gasteiger partial charge < -0.3 is 0 Å². The van der Waals surface area contributed by atoms with Crippen molar-refractivity contribution in [3.8, 4) is 11.4 Å². The van der Waals surface area contributed by atoms with Crippen molar-refractivity contribution >= 4 is 10.9 Å². The number of aromatic nitrogens is 3. The third kappa shape index (κ3) is 3.26. The molecular weight excluding hydrogens is 363 g/mol. The van der Waals surface area contributed by atoms with Gasteiger partial charge in [0, 0.05) is 11.6 Å². The molecule has 4 rings (SSSR count). The predicted molar refractivity (Wildman–Crippen MR) is 103 cm³/mol. The Kier molecular flexibility index (Phi) is 4.41. The topological polar surface area (TPSA) is 30.7 Å². The van der Waals surface area contributed by atoms with E-state index in [-0.39, 0.29) is 5.52 Å². The summed E-state index contributed by atoms with van der Waals surface area (Å²) in [6.07, 6.45) is -2.84. The van der Waals surface area contributed by atoms with Gasteiger partial charge in [-0.15, -0.1) is 0 Å². The zero-order valence-corrected chi connectivity index (χ0v) is 15.5. The molecule has 0 radical (unpaired) electrons. The lowest BCUT2D eigenvalue weighted by molar-refractivity contribution is -0.136. The SMILES string of the molecule is Cc1ccc(Cn2nc3c(C(F)(F)F)cccc3c2-c2ccccn2)c(C)c1. The van der Waals surface area contributed by atoms with Gasteiger partial charge in [-0.3, -0.25) is 9.67 Å². The van der Waals surface area contributed by atoms with Gasteiger partial charge in [0.25, 0.3) is 0 Å². The number of benzene rings is 2. The van der Waals surface area contributed by atoms with E-state index in [1.807, 2.05) is 32.0 Å². The number of alkyl halides is 3. The van der Waals surface area contributed by atoms with Crippen molar-refractivity contribution < 1.29 is 13.2 Å². The highest BCUT2D eigenvalue weighted by Crippen LogP contribution is 2.37. The van der Waals surface area contributed by atoms with Crippen LogP contribution in [0.15, 0.2) is 60.8 Å². The Balaban J connectivity index is 1.96. The van der Waals surface area contributed by atoms with E-state index >= 15 is 0 Å². The summed E-state index contributed by atoms with van der Waals surface area (Å²) < 4.78 is 42.2. The highest BCUT2D eigenvalue weighted by Gasteiger charge is 2.34. The Labute approximate surface area is 160 Å². The molecule has 3 nitrogen and oxygen atoms in total. The fraction of sp³-hybridized carbons (Fsp3) is 0.182. The number of hydrogen-bond acceptors (Lipinski definition) is 2. The van der Waals surface area contributed by atoms with Gasteiger partial charge in [-0.05, 0) is 43.2 Å². The molecule has 0 N–H and O–H groups in total. The standard InChI is InChI=1S/C22H18F3N3/c1-14-9-10-16(15(2)12-14)13-28-21(19-8-3-4-11-26-19)17-6-5-7-18(20(17)27-28)22(23,24)25/h3-12H,13H2,1-2H3. The van der Waals surface area contributed by atoms with Crippen LogP contribution in [0.5, 0.6) is 0 Å². The molecule has 2 aromatic heterocycles. The number of aryl methyl sites for hydroxylation is 2. The monoisotopic (exact) mass is 381 g/mol. The summed E-state index contributed by atoms with van der Waals surface area (Å²) in [4.78, 5) is 4.36. The van der Waals surface area contributed by atoms with Gasteiger partial charge in [0.15, 0.2) is 0 Å². The second kappa shape index (κ2) is 6.78. The van der Waals surface area contributed by atoms with Crippen LogP contribution in [0.25, 0.3) is 22.3 Å². The first-order valence-corrected chi connectivity index (χ1v) is 8.89. The van der Waals surface area contributed by atoms with Gasteiger partial charge >= 0.3 is 6.18 Å². The van der Waals surface area contributed by atoms with Crippen LogP contribution in [0.1, 0.15) is 22.3 Å². The van der Waals surface area contributed by atoms with Gasteiger partial charge in [-0.2, -0.15) is 18.3 Å². The van der Waals surface area contributed by atoms with E-state index in [1.165, 1.54) is 6.07 Å². The molecule has 0 saturated heterocycles. The van der Waals surface area contributed by atoms with E-state index in [4.69, 9.17) is 0 Å². The van der Waals surface area contributed by atoms with Crippen molar-refractivity contribution in [2.75, 3.05) is 0 Å². The van der Waals surface area contributed by atoms with Crippen molar-refractivity contribution in [2.45, 2.75) is 26.6 Å². The highest BCUT2D eigenvalue weighted by atomic mass is 19.4. The Morgan fingerprint density at radius 2 is 1.79 bits per heavy atom. The molecule has 4 aromatic rings. The molecule has 2 heterocycles. The third-order valence-electron chi connectivity index (χ3n) is 4.80. The van der Waals surface area contributed by atoms with Gasteiger partial charge in [0.2, 0.25) is 0 Å². The molecule has 0 amide bonds. The molecule has 0 aliphatic rings. The molecule has 0 aliphatic carbocycles. The summed E-state index contributed by atoms with van der Waals surface area (Å²) in [7, 11) is 0. The van der Waals surface area contributed by atoms with Crippen molar-refractivity contribution in [3.63, 3.8) is 0 Å². The summed E-state index contributed by atoms with van der Waals surface area (Å²) in [5.41, 5.74) is 3.60. The molecule has 0 fully saturated rings. The molecule has 142 valence electrons. The minimum atomic E-state index is -4.47. The Morgan fingerprint density at radius 3 is 2.46 bits per heavy atom. The smallest absolute Gasteiger partial charge is 0.258 e. The van der Waals surface area contributed by atoms with Crippen LogP contribution in [-0.4, -0.2) is 14.8 Å². The second-order valence-corrected chi connectivity index (χ2v) is 6.85. The molecule has 0 aliphatic heterocycles. The lowest BCUT2D eigenvalue weighted by atomic mass is 10.1. The minimum absolute atomic E-state index is 0.0552. The number of hydrogen-bond donors (Lipinski definition) is 0. The van der Waals surface area contributed by atoms with Gasteiger partial charge in [0.05, 0.1) is 23.5 Å². The number of rotatable bonds is 3. The van der Waals surface area contributed by atoms with Crippen LogP contribution in [0.3, 0.4) is 0 Å². The Hall–Kier alpha value is -3.15. The molecule has 28 heavy (non-hydrogen) atoms. The second-order valence-electron chi connectivity index (χ2n) is 6.85. The lowest BCUT2D eigenvalue weighted by Crippen LogP contribution is -2.07. The molecule has 0 saturated carbocycles. The zero-order chi connectivity index (χ0) is 19.9. The fourth-order valence-corrected chi connectivity index (χ4v) is 3.45. The van der Waals surface area contributed by atoms with Crippen molar-refractivity contribution in [2.24, 2.45) is 0 Å². The molecule has 0 atom stereocenters. The predicted octanol–water partition coefficient (Wildman–Crippen LogP) is 5.78. The normalized spacial score (nSPS) is 11.9. The number of nitrogens with zero attached hydrogens (tertiary/aromatic N) is 3. The fourth-order valence-electron chi connectivity index (χ4n) is 3.45.